The predicted octanol–water partition coefficient (Wildman–Crippen LogP) is 2.63. The molecule has 0 radical (unpaired) electrons. The van der Waals surface area contributed by atoms with Crippen molar-refractivity contribution in [3.63, 3.8) is 0 Å². The van der Waals surface area contributed by atoms with Crippen molar-refractivity contribution in [2.75, 3.05) is 19.6 Å². The largest absolute Gasteiger partial charge is 0.330 e. The molecule has 0 aromatic heterocycles. The van der Waals surface area contributed by atoms with Crippen molar-refractivity contribution in [1.82, 2.24) is 4.90 Å². The Bertz CT molecular complexity index is 225. The molecule has 2 unspecified atom stereocenters. The molecule has 2 fully saturated rings. The van der Waals surface area contributed by atoms with Crippen molar-refractivity contribution in [3.8, 4) is 0 Å². The number of rotatable bonds is 2. The Morgan fingerprint density at radius 2 is 1.94 bits per heavy atom. The van der Waals surface area contributed by atoms with Crippen LogP contribution in [-0.4, -0.2) is 30.6 Å². The van der Waals surface area contributed by atoms with E-state index in [-0.39, 0.29) is 0 Å². The maximum atomic E-state index is 5.90. The zero-order valence-corrected chi connectivity index (χ0v) is 11.0. The zero-order valence-electron chi connectivity index (χ0n) is 11.0. The lowest BCUT2D eigenvalue weighted by Gasteiger charge is -2.32. The molecule has 0 amide bonds. The van der Waals surface area contributed by atoms with E-state index in [2.05, 4.69) is 18.7 Å². The fraction of sp³-hybridized carbons (Fsp3) is 1.00. The first-order valence-electron chi connectivity index (χ1n) is 7.06. The van der Waals surface area contributed by atoms with E-state index in [0.717, 1.165) is 18.5 Å². The Morgan fingerprint density at radius 3 is 2.69 bits per heavy atom. The van der Waals surface area contributed by atoms with Crippen molar-refractivity contribution in [1.29, 1.82) is 0 Å². The van der Waals surface area contributed by atoms with E-state index >= 15 is 0 Å². The summed E-state index contributed by atoms with van der Waals surface area (Å²) in [5.74, 6) is 0.779. The van der Waals surface area contributed by atoms with Gasteiger partial charge in [-0.25, -0.2) is 0 Å². The van der Waals surface area contributed by atoms with Crippen LogP contribution in [0.25, 0.3) is 0 Å². The van der Waals surface area contributed by atoms with Crippen molar-refractivity contribution >= 4 is 0 Å². The first-order valence-corrected chi connectivity index (χ1v) is 7.06. The number of nitrogens with zero attached hydrogens (tertiary/aromatic N) is 1. The van der Waals surface area contributed by atoms with Crippen LogP contribution in [0.3, 0.4) is 0 Å². The molecule has 94 valence electrons. The van der Waals surface area contributed by atoms with E-state index < -0.39 is 0 Å². The highest BCUT2D eigenvalue weighted by molar-refractivity contribution is 4.88. The lowest BCUT2D eigenvalue weighted by Crippen LogP contribution is -2.41. The summed E-state index contributed by atoms with van der Waals surface area (Å²) < 4.78 is 0. The average Bonchev–Trinajstić information content (AvgIpc) is 2.63. The molecule has 1 saturated heterocycles. The van der Waals surface area contributed by atoms with E-state index in [1.807, 2.05) is 0 Å². The van der Waals surface area contributed by atoms with Crippen molar-refractivity contribution in [2.24, 2.45) is 17.1 Å². The first-order chi connectivity index (χ1) is 7.62. The van der Waals surface area contributed by atoms with Crippen molar-refractivity contribution in [2.45, 2.75) is 58.4 Å². The Labute approximate surface area is 101 Å². The van der Waals surface area contributed by atoms with Crippen LogP contribution < -0.4 is 5.73 Å². The van der Waals surface area contributed by atoms with Crippen LogP contribution in [0.1, 0.15) is 52.4 Å². The molecule has 1 saturated carbocycles. The highest BCUT2D eigenvalue weighted by Gasteiger charge is 2.33. The van der Waals surface area contributed by atoms with Gasteiger partial charge >= 0.3 is 0 Å². The molecule has 2 heteroatoms. The predicted molar refractivity (Wildman–Crippen MR) is 69.4 cm³/mol. The summed E-state index contributed by atoms with van der Waals surface area (Å²) in [7, 11) is 0. The lowest BCUT2D eigenvalue weighted by atomic mass is 9.85. The number of hydrogen-bond acceptors (Lipinski definition) is 2. The van der Waals surface area contributed by atoms with Gasteiger partial charge in [-0.05, 0) is 63.1 Å². The minimum Gasteiger partial charge on any atom is -0.330 e. The van der Waals surface area contributed by atoms with Gasteiger partial charge in [-0.1, -0.05) is 20.3 Å². The highest BCUT2D eigenvalue weighted by atomic mass is 15.2. The molecule has 1 aliphatic heterocycles. The maximum absolute atomic E-state index is 5.90. The quantitative estimate of drug-likeness (QED) is 0.781. The third kappa shape index (κ3) is 2.78. The Balaban J connectivity index is 1.94. The second-order valence-electron chi connectivity index (χ2n) is 6.55. The monoisotopic (exact) mass is 224 g/mol. The fourth-order valence-electron chi connectivity index (χ4n) is 3.55. The van der Waals surface area contributed by atoms with Gasteiger partial charge in [0, 0.05) is 6.04 Å². The SMILES string of the molecule is CC1(C)CCCN(C2CCCC2CN)CC1. The Kier molecular flexibility index (Phi) is 3.91. The van der Waals surface area contributed by atoms with E-state index in [1.165, 1.54) is 51.6 Å². The summed E-state index contributed by atoms with van der Waals surface area (Å²) in [4.78, 5) is 2.75. The third-order valence-corrected chi connectivity index (χ3v) is 4.77. The van der Waals surface area contributed by atoms with Gasteiger partial charge in [0.15, 0.2) is 0 Å². The summed E-state index contributed by atoms with van der Waals surface area (Å²) in [6, 6.07) is 0.805. The van der Waals surface area contributed by atoms with Crippen LogP contribution >= 0.6 is 0 Å². The maximum Gasteiger partial charge on any atom is 0.0136 e. The second kappa shape index (κ2) is 5.05. The molecule has 0 bridgehead atoms. The van der Waals surface area contributed by atoms with Crippen LogP contribution in [0.4, 0.5) is 0 Å². The minimum absolute atomic E-state index is 0.561. The molecule has 2 nitrogen and oxygen atoms in total. The topological polar surface area (TPSA) is 29.3 Å². The van der Waals surface area contributed by atoms with Crippen molar-refractivity contribution < 1.29 is 0 Å². The van der Waals surface area contributed by atoms with E-state index in [0.29, 0.717) is 5.41 Å². The Morgan fingerprint density at radius 1 is 1.12 bits per heavy atom. The van der Waals surface area contributed by atoms with Crippen LogP contribution in [0.15, 0.2) is 0 Å². The van der Waals surface area contributed by atoms with Gasteiger partial charge in [0.1, 0.15) is 0 Å². The van der Waals surface area contributed by atoms with E-state index in [4.69, 9.17) is 5.73 Å². The summed E-state index contributed by atoms with van der Waals surface area (Å²) in [5.41, 5.74) is 6.46. The van der Waals surface area contributed by atoms with Crippen molar-refractivity contribution in [3.05, 3.63) is 0 Å². The highest BCUT2D eigenvalue weighted by Crippen LogP contribution is 2.35. The summed E-state index contributed by atoms with van der Waals surface area (Å²) in [6.07, 6.45) is 8.28. The fourth-order valence-corrected chi connectivity index (χ4v) is 3.55. The van der Waals surface area contributed by atoms with Crippen LogP contribution in [0, 0.1) is 11.3 Å². The standard InChI is InChI=1S/C14H28N2/c1-14(2)7-4-9-16(10-8-14)13-6-3-5-12(13)11-15/h12-13H,3-11,15H2,1-2H3. The summed E-state index contributed by atoms with van der Waals surface area (Å²) in [5, 5.41) is 0. The van der Waals surface area contributed by atoms with Gasteiger partial charge in [0.2, 0.25) is 0 Å². The van der Waals surface area contributed by atoms with E-state index in [1.54, 1.807) is 0 Å². The molecule has 0 aromatic rings. The average molecular weight is 224 g/mol. The minimum atomic E-state index is 0.561. The normalized spacial score (nSPS) is 36.2. The third-order valence-electron chi connectivity index (χ3n) is 4.77. The molecule has 0 spiro atoms. The zero-order chi connectivity index (χ0) is 11.6. The first kappa shape index (κ1) is 12.4. The Hall–Kier alpha value is -0.0800. The van der Waals surface area contributed by atoms with Crippen LogP contribution in [0.2, 0.25) is 0 Å². The van der Waals surface area contributed by atoms with Crippen LogP contribution in [-0.2, 0) is 0 Å². The molecule has 2 N–H and O–H groups in total. The van der Waals surface area contributed by atoms with Gasteiger partial charge in [-0.15, -0.1) is 0 Å². The summed E-state index contributed by atoms with van der Waals surface area (Å²) in [6.45, 7) is 8.35. The number of likely N-dealkylation sites (tertiary alicyclic amines) is 1. The molecule has 0 aromatic carbocycles. The van der Waals surface area contributed by atoms with Gasteiger partial charge in [0.25, 0.3) is 0 Å². The smallest absolute Gasteiger partial charge is 0.0136 e. The van der Waals surface area contributed by atoms with Gasteiger partial charge in [-0.3, -0.25) is 0 Å². The number of hydrogen-bond donors (Lipinski definition) is 1. The molecular formula is C14H28N2. The molecule has 2 atom stereocenters. The van der Waals surface area contributed by atoms with Gasteiger partial charge < -0.3 is 10.6 Å². The molecule has 16 heavy (non-hydrogen) atoms. The molecule has 2 aliphatic rings. The van der Waals surface area contributed by atoms with Crippen LogP contribution in [0.5, 0.6) is 0 Å². The molecular weight excluding hydrogens is 196 g/mol. The summed E-state index contributed by atoms with van der Waals surface area (Å²) >= 11 is 0. The lowest BCUT2D eigenvalue weighted by molar-refractivity contribution is 0.162. The van der Waals surface area contributed by atoms with Gasteiger partial charge in [-0.2, -0.15) is 0 Å². The second-order valence-corrected chi connectivity index (χ2v) is 6.55. The van der Waals surface area contributed by atoms with Gasteiger partial charge in [0.05, 0.1) is 0 Å². The molecule has 2 rings (SSSR count). The van der Waals surface area contributed by atoms with E-state index in [9.17, 15) is 0 Å². The molecule has 1 aliphatic carbocycles. The molecule has 1 heterocycles. The number of nitrogens with two attached hydrogens (primary N) is 1.